The molecular formula is C20H17O5P. The number of aryl methyl sites for hydroxylation is 1. The Balaban J connectivity index is 1.85. The first-order valence-corrected chi connectivity index (χ1v) is 9.40. The number of rotatable bonds is 6. The number of para-hydroxylation sites is 2. The molecule has 0 amide bonds. The van der Waals surface area contributed by atoms with E-state index in [1.807, 2.05) is 6.92 Å². The van der Waals surface area contributed by atoms with Gasteiger partial charge in [0.2, 0.25) is 0 Å². The summed E-state index contributed by atoms with van der Waals surface area (Å²) in [6.07, 6.45) is 0. The monoisotopic (exact) mass is 368 g/mol. The van der Waals surface area contributed by atoms with Crippen LogP contribution in [0.2, 0.25) is 0 Å². The van der Waals surface area contributed by atoms with Gasteiger partial charge in [-0.15, -0.1) is 0 Å². The second-order valence-corrected chi connectivity index (χ2v) is 6.94. The van der Waals surface area contributed by atoms with E-state index in [4.69, 9.17) is 13.6 Å². The molecule has 0 fully saturated rings. The van der Waals surface area contributed by atoms with Crippen LogP contribution in [0.5, 0.6) is 11.5 Å². The number of hydrogen-bond acceptors (Lipinski definition) is 5. The Morgan fingerprint density at radius 2 is 1.19 bits per heavy atom. The van der Waals surface area contributed by atoms with Gasteiger partial charge in [-0.25, -0.2) is 4.79 Å². The van der Waals surface area contributed by atoms with Crippen molar-refractivity contribution in [3.05, 3.63) is 96.1 Å². The zero-order chi connectivity index (χ0) is 18.4. The van der Waals surface area contributed by atoms with Crippen molar-refractivity contribution in [2.24, 2.45) is 0 Å². The van der Waals surface area contributed by atoms with Crippen LogP contribution in [0.1, 0.15) is 15.9 Å². The standard InChI is InChI=1S/C20H17O5P/c1-16-12-14-17(15-13-16)20(21)25-26(22,23-18-8-4-2-5-9-18)24-19-10-6-3-7-11-19/h2-15H,1H3. The molecule has 0 aromatic heterocycles. The summed E-state index contributed by atoms with van der Waals surface area (Å²) in [6.45, 7) is 1.90. The Labute approximate surface area is 151 Å². The van der Waals surface area contributed by atoms with Crippen LogP contribution in [-0.2, 0) is 9.09 Å². The molecule has 5 nitrogen and oxygen atoms in total. The summed E-state index contributed by atoms with van der Waals surface area (Å²) in [6, 6.07) is 23.5. The lowest BCUT2D eigenvalue weighted by Crippen LogP contribution is -2.11. The van der Waals surface area contributed by atoms with Gasteiger partial charge in [-0.1, -0.05) is 54.1 Å². The third-order valence-electron chi connectivity index (χ3n) is 3.40. The molecule has 0 bridgehead atoms. The van der Waals surface area contributed by atoms with Crippen molar-refractivity contribution in [3.63, 3.8) is 0 Å². The molecule has 0 aliphatic carbocycles. The van der Waals surface area contributed by atoms with E-state index in [-0.39, 0.29) is 17.1 Å². The minimum Gasteiger partial charge on any atom is -0.386 e. The predicted octanol–water partition coefficient (Wildman–Crippen LogP) is 5.42. The van der Waals surface area contributed by atoms with Gasteiger partial charge in [0.15, 0.2) is 0 Å². The number of phosphoric ester groups is 1. The maximum absolute atomic E-state index is 13.1. The van der Waals surface area contributed by atoms with E-state index in [0.29, 0.717) is 0 Å². The fraction of sp³-hybridized carbons (Fsp3) is 0.0500. The van der Waals surface area contributed by atoms with Crippen molar-refractivity contribution in [3.8, 4) is 11.5 Å². The minimum absolute atomic E-state index is 0.254. The van der Waals surface area contributed by atoms with Gasteiger partial charge in [-0.2, -0.15) is 4.57 Å². The smallest absolute Gasteiger partial charge is 0.386 e. The molecule has 0 radical (unpaired) electrons. The third-order valence-corrected chi connectivity index (χ3v) is 4.66. The first-order valence-electron chi connectivity index (χ1n) is 7.94. The molecule has 0 aliphatic rings. The van der Waals surface area contributed by atoms with Crippen molar-refractivity contribution in [2.75, 3.05) is 0 Å². The number of hydrogen-bond donors (Lipinski definition) is 0. The fourth-order valence-corrected chi connectivity index (χ4v) is 3.30. The van der Waals surface area contributed by atoms with E-state index in [1.54, 1.807) is 84.9 Å². The Bertz CT molecular complexity index is 862. The van der Waals surface area contributed by atoms with Crippen molar-refractivity contribution >= 4 is 13.8 Å². The van der Waals surface area contributed by atoms with Crippen molar-refractivity contribution in [2.45, 2.75) is 6.92 Å². The molecular weight excluding hydrogens is 351 g/mol. The summed E-state index contributed by atoms with van der Waals surface area (Å²) in [5.74, 6) is -0.257. The predicted molar refractivity (Wildman–Crippen MR) is 98.3 cm³/mol. The molecule has 26 heavy (non-hydrogen) atoms. The molecule has 0 unspecified atom stereocenters. The number of carbonyl (C=O) groups excluding carboxylic acids is 1. The highest BCUT2D eigenvalue weighted by atomic mass is 31.2. The molecule has 0 spiro atoms. The van der Waals surface area contributed by atoms with Crippen molar-refractivity contribution in [1.82, 2.24) is 0 Å². The number of benzene rings is 3. The van der Waals surface area contributed by atoms with Crippen LogP contribution >= 0.6 is 7.82 Å². The van der Waals surface area contributed by atoms with Gasteiger partial charge >= 0.3 is 13.8 Å². The Morgan fingerprint density at radius 3 is 1.65 bits per heavy atom. The molecule has 0 atom stereocenters. The van der Waals surface area contributed by atoms with Crippen molar-refractivity contribution in [1.29, 1.82) is 0 Å². The lowest BCUT2D eigenvalue weighted by molar-refractivity contribution is 0.0688. The first kappa shape index (κ1) is 17.8. The molecule has 0 heterocycles. The molecule has 3 rings (SSSR count). The minimum atomic E-state index is -4.25. The highest BCUT2D eigenvalue weighted by molar-refractivity contribution is 7.50. The van der Waals surface area contributed by atoms with E-state index in [1.165, 1.54) is 0 Å². The Hall–Kier alpha value is -3.04. The maximum atomic E-state index is 13.1. The van der Waals surface area contributed by atoms with Crippen LogP contribution in [0.3, 0.4) is 0 Å². The van der Waals surface area contributed by atoms with E-state index in [2.05, 4.69) is 0 Å². The molecule has 6 heteroatoms. The van der Waals surface area contributed by atoms with Gasteiger partial charge in [0.1, 0.15) is 11.5 Å². The lowest BCUT2D eigenvalue weighted by atomic mass is 10.2. The van der Waals surface area contributed by atoms with Crippen LogP contribution in [-0.4, -0.2) is 5.97 Å². The van der Waals surface area contributed by atoms with E-state index < -0.39 is 13.8 Å². The van der Waals surface area contributed by atoms with E-state index in [9.17, 15) is 9.36 Å². The summed E-state index contributed by atoms with van der Waals surface area (Å²) in [5.41, 5.74) is 1.25. The number of phosphoric acid groups is 1. The molecule has 0 saturated carbocycles. The maximum Gasteiger partial charge on any atom is 0.649 e. The molecule has 0 aliphatic heterocycles. The van der Waals surface area contributed by atoms with Crippen LogP contribution in [0.25, 0.3) is 0 Å². The highest BCUT2D eigenvalue weighted by Crippen LogP contribution is 2.50. The Kier molecular flexibility index (Phi) is 5.40. The normalized spacial score (nSPS) is 10.8. The molecule has 132 valence electrons. The summed E-state index contributed by atoms with van der Waals surface area (Å²) in [5, 5.41) is 0. The zero-order valence-electron chi connectivity index (χ0n) is 14.1. The van der Waals surface area contributed by atoms with Gasteiger partial charge in [0.25, 0.3) is 0 Å². The summed E-state index contributed by atoms with van der Waals surface area (Å²) in [7, 11) is -4.25. The van der Waals surface area contributed by atoms with Gasteiger partial charge in [-0.05, 0) is 43.3 Å². The van der Waals surface area contributed by atoms with Crippen LogP contribution in [0.15, 0.2) is 84.9 Å². The summed E-state index contributed by atoms with van der Waals surface area (Å²) in [4.78, 5) is 12.4. The van der Waals surface area contributed by atoms with Gasteiger partial charge in [0, 0.05) is 0 Å². The first-order chi connectivity index (χ1) is 12.5. The van der Waals surface area contributed by atoms with E-state index >= 15 is 0 Å². The Morgan fingerprint density at radius 1 is 0.731 bits per heavy atom. The van der Waals surface area contributed by atoms with E-state index in [0.717, 1.165) is 5.56 Å². The van der Waals surface area contributed by atoms with Crippen LogP contribution in [0.4, 0.5) is 0 Å². The highest BCUT2D eigenvalue weighted by Gasteiger charge is 2.35. The van der Waals surface area contributed by atoms with Gasteiger partial charge < -0.3 is 13.6 Å². The van der Waals surface area contributed by atoms with Crippen molar-refractivity contribution < 1.29 is 22.9 Å². The molecule has 0 saturated heterocycles. The lowest BCUT2D eigenvalue weighted by Gasteiger charge is -2.18. The average Bonchev–Trinajstić information content (AvgIpc) is 2.63. The second-order valence-electron chi connectivity index (χ2n) is 5.50. The quantitative estimate of drug-likeness (QED) is 0.544. The number of carbonyl (C=O) groups is 1. The third kappa shape index (κ3) is 4.74. The molecule has 3 aromatic rings. The molecule has 0 N–H and O–H groups in total. The average molecular weight is 368 g/mol. The molecule has 3 aromatic carbocycles. The van der Waals surface area contributed by atoms with Gasteiger partial charge in [0.05, 0.1) is 5.56 Å². The SMILES string of the molecule is Cc1ccc(C(=O)OP(=O)(Oc2ccccc2)Oc2ccccc2)cc1. The zero-order valence-corrected chi connectivity index (χ0v) is 15.0. The fourth-order valence-electron chi connectivity index (χ4n) is 2.12. The van der Waals surface area contributed by atoms with Crippen LogP contribution in [0, 0.1) is 6.92 Å². The second kappa shape index (κ2) is 7.89. The van der Waals surface area contributed by atoms with Crippen LogP contribution < -0.4 is 9.05 Å². The largest absolute Gasteiger partial charge is 0.649 e. The summed E-state index contributed by atoms with van der Waals surface area (Å²) >= 11 is 0. The van der Waals surface area contributed by atoms with Gasteiger partial charge in [-0.3, -0.25) is 0 Å². The summed E-state index contributed by atoms with van der Waals surface area (Å²) < 4.78 is 29.1. The topological polar surface area (TPSA) is 61.8 Å².